The Morgan fingerprint density at radius 2 is 1.00 bits per heavy atom. The van der Waals surface area contributed by atoms with Gasteiger partial charge in [0.1, 0.15) is 0 Å². The molecule has 0 aromatic rings. The van der Waals surface area contributed by atoms with E-state index in [4.69, 9.17) is 0 Å². The third kappa shape index (κ3) is 18.0. The SMILES string of the molecule is O.[BaH2].[Co].[Fe].[SrH2]. The summed E-state index contributed by atoms with van der Waals surface area (Å²) >= 11 is 0. The first-order valence-corrected chi connectivity index (χ1v) is 0. The van der Waals surface area contributed by atoms with Crippen LogP contribution in [-0.4, -0.2) is 99.8 Å². The van der Waals surface area contributed by atoms with Crippen molar-refractivity contribution in [2.24, 2.45) is 0 Å². The van der Waals surface area contributed by atoms with Crippen LogP contribution in [0.4, 0.5) is 0 Å². The summed E-state index contributed by atoms with van der Waals surface area (Å²) in [6.07, 6.45) is 0. The Labute approximate surface area is 130 Å². The van der Waals surface area contributed by atoms with Crippen LogP contribution in [-0.2, 0) is 33.8 Å². The van der Waals surface area contributed by atoms with Crippen LogP contribution in [0.15, 0.2) is 0 Å². The molecule has 0 heterocycles. The molecular formula is H6BaCoFeOSr. The van der Waals surface area contributed by atoms with Gasteiger partial charge in [0.2, 0.25) is 0 Å². The van der Waals surface area contributed by atoms with E-state index in [0.717, 1.165) is 0 Å². The van der Waals surface area contributed by atoms with Crippen LogP contribution < -0.4 is 0 Å². The summed E-state index contributed by atoms with van der Waals surface area (Å²) in [5.74, 6) is 0. The van der Waals surface area contributed by atoms with Crippen molar-refractivity contribution in [3.63, 3.8) is 0 Å². The third-order valence-corrected chi connectivity index (χ3v) is 0. The van der Waals surface area contributed by atoms with Gasteiger partial charge in [-0.05, 0) is 0 Å². The molecule has 0 saturated heterocycles. The predicted octanol–water partition coefficient (Wildman–Crippen LogP) is -2.66. The molecule has 0 aromatic heterocycles. The second-order valence-corrected chi connectivity index (χ2v) is 0. The Morgan fingerprint density at radius 3 is 1.00 bits per heavy atom. The molecule has 0 fully saturated rings. The second-order valence-electron chi connectivity index (χ2n) is 0. The van der Waals surface area contributed by atoms with Gasteiger partial charge in [-0.25, -0.2) is 0 Å². The molecule has 5 heteroatoms. The van der Waals surface area contributed by atoms with E-state index in [1.54, 1.807) is 0 Å². The van der Waals surface area contributed by atoms with E-state index in [-0.39, 0.29) is 134 Å². The Balaban J connectivity index is 0. The molecule has 0 aromatic carbocycles. The van der Waals surface area contributed by atoms with Crippen LogP contribution in [0, 0.1) is 0 Å². The zero-order valence-corrected chi connectivity index (χ0v) is 3.33. The Bertz CT molecular complexity index is 11.6. The van der Waals surface area contributed by atoms with E-state index in [9.17, 15) is 0 Å². The maximum absolute atomic E-state index is 0. The van der Waals surface area contributed by atoms with Crippen LogP contribution in [0.2, 0.25) is 0 Å². The van der Waals surface area contributed by atoms with Crippen LogP contribution in [0.5, 0.6) is 0 Å². The summed E-state index contributed by atoms with van der Waals surface area (Å²) in [5.41, 5.74) is 0. The minimum atomic E-state index is 0. The predicted molar refractivity (Wildman–Crippen MR) is 20.7 cm³/mol. The topological polar surface area (TPSA) is 31.5 Å². The monoisotopic (exact) mass is 363 g/mol. The first-order valence-electron chi connectivity index (χ1n) is 0. The van der Waals surface area contributed by atoms with Gasteiger partial charge in [0, 0.05) is 33.8 Å². The Kier molecular flexibility index (Phi) is 175. The molecule has 0 amide bonds. The first kappa shape index (κ1) is 35.8. The normalized spacial score (nSPS) is 0. The molecule has 0 bridgehead atoms. The standard InChI is InChI=1S/Ba.Co.Fe.H2O.Sr.4H/h;;;1H2;;;;;. The van der Waals surface area contributed by atoms with E-state index < -0.39 is 0 Å². The molecule has 0 atom stereocenters. The minimum absolute atomic E-state index is 0. The summed E-state index contributed by atoms with van der Waals surface area (Å²) in [6, 6.07) is 0. The van der Waals surface area contributed by atoms with Crippen LogP contribution >= 0.6 is 0 Å². The molecule has 5 heavy (non-hydrogen) atoms. The van der Waals surface area contributed by atoms with E-state index >= 15 is 0 Å². The van der Waals surface area contributed by atoms with E-state index in [1.165, 1.54) is 0 Å². The summed E-state index contributed by atoms with van der Waals surface area (Å²) in [4.78, 5) is 0. The average Bonchev–Trinajstić information content (AvgIpc) is 0. The van der Waals surface area contributed by atoms with Gasteiger partial charge in [0.05, 0.1) is 0 Å². The van der Waals surface area contributed by atoms with Gasteiger partial charge < -0.3 is 5.48 Å². The quantitative estimate of drug-likeness (QED) is 0.422. The molecule has 2 N–H and O–H groups in total. The second kappa shape index (κ2) is 24.4. The molecule has 0 rings (SSSR count). The van der Waals surface area contributed by atoms with Crippen LogP contribution in [0.3, 0.4) is 0 Å². The first-order chi connectivity index (χ1) is 0. The number of hydrogen-bond acceptors (Lipinski definition) is 0. The van der Waals surface area contributed by atoms with Crippen molar-refractivity contribution >= 4 is 94.4 Å². The van der Waals surface area contributed by atoms with Crippen molar-refractivity contribution in [3.8, 4) is 0 Å². The Morgan fingerprint density at radius 1 is 1.00 bits per heavy atom. The number of rotatable bonds is 0. The molecule has 0 aliphatic carbocycles. The van der Waals surface area contributed by atoms with Crippen molar-refractivity contribution in [2.75, 3.05) is 0 Å². The molecule has 1 radical (unpaired) electrons. The fourth-order valence-electron chi connectivity index (χ4n) is 0. The summed E-state index contributed by atoms with van der Waals surface area (Å²) in [7, 11) is 0. The maximum atomic E-state index is 0. The van der Waals surface area contributed by atoms with Crippen molar-refractivity contribution in [1.82, 2.24) is 0 Å². The summed E-state index contributed by atoms with van der Waals surface area (Å²) < 4.78 is 0. The molecule has 0 unspecified atom stereocenters. The van der Waals surface area contributed by atoms with Gasteiger partial charge in [-0.15, -0.1) is 0 Å². The van der Waals surface area contributed by atoms with Crippen LogP contribution in [0.1, 0.15) is 0 Å². The fraction of sp³-hybridized carbons (Fsp3) is 0. The summed E-state index contributed by atoms with van der Waals surface area (Å²) in [5, 5.41) is 0. The van der Waals surface area contributed by atoms with E-state index in [0.29, 0.717) is 0 Å². The molecule has 0 saturated carbocycles. The Hall–Kier alpha value is 4.04. The van der Waals surface area contributed by atoms with E-state index in [1.807, 2.05) is 0 Å². The third-order valence-electron chi connectivity index (χ3n) is 0. The number of hydrogen-bond donors (Lipinski definition) is 0. The van der Waals surface area contributed by atoms with Crippen molar-refractivity contribution in [1.29, 1.82) is 0 Å². The molecular weight excluding hydrogens is 356 g/mol. The fourth-order valence-corrected chi connectivity index (χ4v) is 0. The van der Waals surface area contributed by atoms with Gasteiger partial charge >= 0.3 is 94.4 Å². The zero-order chi connectivity index (χ0) is 0. The van der Waals surface area contributed by atoms with Gasteiger partial charge in [0.15, 0.2) is 0 Å². The average molecular weight is 362 g/mol. The van der Waals surface area contributed by atoms with Gasteiger partial charge in [-0.3, -0.25) is 0 Å². The van der Waals surface area contributed by atoms with Gasteiger partial charge in [0.25, 0.3) is 0 Å². The van der Waals surface area contributed by atoms with E-state index in [2.05, 4.69) is 0 Å². The van der Waals surface area contributed by atoms with Crippen LogP contribution in [0.25, 0.3) is 0 Å². The molecule has 1 nitrogen and oxygen atoms in total. The van der Waals surface area contributed by atoms with Crippen molar-refractivity contribution in [2.45, 2.75) is 0 Å². The summed E-state index contributed by atoms with van der Waals surface area (Å²) in [6.45, 7) is 0. The molecule has 0 spiro atoms. The van der Waals surface area contributed by atoms with Gasteiger partial charge in [-0.1, -0.05) is 0 Å². The van der Waals surface area contributed by atoms with Crippen molar-refractivity contribution < 1.29 is 39.3 Å². The molecule has 33 valence electrons. The molecule has 0 aliphatic rings. The molecule has 0 aliphatic heterocycles. The van der Waals surface area contributed by atoms with Gasteiger partial charge in [-0.2, -0.15) is 0 Å². The zero-order valence-electron chi connectivity index (χ0n) is 1.19. The van der Waals surface area contributed by atoms with Crippen molar-refractivity contribution in [3.05, 3.63) is 0 Å².